The predicted octanol–water partition coefficient (Wildman–Crippen LogP) is 3.43. The number of allylic oxidation sites excluding steroid dienone is 1. The van der Waals surface area contributed by atoms with E-state index in [9.17, 15) is 14.0 Å². The zero-order valence-corrected chi connectivity index (χ0v) is 15.8. The lowest BCUT2D eigenvalue weighted by Crippen LogP contribution is -2.23. The monoisotopic (exact) mass is 387 g/mol. The van der Waals surface area contributed by atoms with E-state index in [0.29, 0.717) is 23.5 Å². The summed E-state index contributed by atoms with van der Waals surface area (Å²) in [5, 5.41) is 2.45. The zero-order chi connectivity index (χ0) is 20.5. The lowest BCUT2D eigenvalue weighted by molar-refractivity contribution is -0.149. The molecule has 2 aromatic carbocycles. The van der Waals surface area contributed by atoms with E-state index >= 15 is 0 Å². The molecule has 0 atom stereocenters. The Morgan fingerprint density at radius 1 is 1.14 bits per heavy atom. The molecule has 0 saturated heterocycles. The number of methoxy groups -OCH3 is 1. The number of benzene rings is 2. The lowest BCUT2D eigenvalue weighted by Gasteiger charge is -2.12. The van der Waals surface area contributed by atoms with Crippen LogP contribution in [0.4, 0.5) is 10.1 Å². The van der Waals surface area contributed by atoms with Gasteiger partial charge in [-0.15, -0.1) is 6.58 Å². The first-order chi connectivity index (χ1) is 13.4. The van der Waals surface area contributed by atoms with Crippen molar-refractivity contribution < 1.29 is 28.2 Å². The molecule has 0 aliphatic heterocycles. The predicted molar refractivity (Wildman–Crippen MR) is 103 cm³/mol. The summed E-state index contributed by atoms with van der Waals surface area (Å²) in [7, 11) is 1.50. The highest BCUT2D eigenvalue weighted by Crippen LogP contribution is 2.28. The van der Waals surface area contributed by atoms with Crippen LogP contribution in [0.3, 0.4) is 0 Å². The normalized spacial score (nSPS) is 10.1. The van der Waals surface area contributed by atoms with Crippen LogP contribution in [0.25, 0.3) is 0 Å². The van der Waals surface area contributed by atoms with Crippen LogP contribution in [0.5, 0.6) is 11.5 Å². The number of carbonyl (C=O) groups is 2. The molecule has 0 bridgehead atoms. The first-order valence-electron chi connectivity index (χ1n) is 8.55. The Labute approximate surface area is 162 Å². The molecular weight excluding hydrogens is 365 g/mol. The Hall–Kier alpha value is -3.35. The maximum Gasteiger partial charge on any atom is 0.344 e. The third-order valence-corrected chi connectivity index (χ3v) is 3.77. The number of anilines is 1. The molecule has 0 radical (unpaired) electrons. The average Bonchev–Trinajstić information content (AvgIpc) is 2.68. The van der Waals surface area contributed by atoms with E-state index in [-0.39, 0.29) is 12.3 Å². The van der Waals surface area contributed by atoms with E-state index < -0.39 is 24.3 Å². The summed E-state index contributed by atoms with van der Waals surface area (Å²) in [5.41, 5.74) is 1.74. The summed E-state index contributed by atoms with van der Waals surface area (Å²) in [6.07, 6.45) is 2.45. The lowest BCUT2D eigenvalue weighted by atomic mass is 10.1. The Morgan fingerprint density at radius 2 is 1.93 bits per heavy atom. The molecule has 7 heteroatoms. The smallest absolute Gasteiger partial charge is 0.344 e. The zero-order valence-electron chi connectivity index (χ0n) is 15.8. The van der Waals surface area contributed by atoms with E-state index in [1.807, 2.05) is 6.07 Å². The average molecular weight is 387 g/mol. The van der Waals surface area contributed by atoms with E-state index in [1.54, 1.807) is 37.3 Å². The molecule has 0 heterocycles. The molecule has 0 aliphatic rings. The van der Waals surface area contributed by atoms with Crippen molar-refractivity contribution in [2.24, 2.45) is 0 Å². The molecule has 6 nitrogen and oxygen atoms in total. The topological polar surface area (TPSA) is 73.9 Å². The summed E-state index contributed by atoms with van der Waals surface area (Å²) in [4.78, 5) is 23.6. The highest BCUT2D eigenvalue weighted by atomic mass is 19.1. The van der Waals surface area contributed by atoms with Gasteiger partial charge in [-0.05, 0) is 48.7 Å². The SMILES string of the molecule is C=CCc1ccc(OCC(=O)OCC(=O)Nc2ccc(C)c(F)c2)c(OC)c1. The number of carbonyl (C=O) groups excluding carboxylic acids is 2. The molecule has 28 heavy (non-hydrogen) atoms. The first-order valence-corrected chi connectivity index (χ1v) is 8.55. The Balaban J connectivity index is 1.81. The maximum atomic E-state index is 13.5. The Kier molecular flexibility index (Phi) is 7.56. The minimum absolute atomic E-state index is 0.282. The van der Waals surface area contributed by atoms with Crippen molar-refractivity contribution in [2.75, 3.05) is 25.6 Å². The van der Waals surface area contributed by atoms with Gasteiger partial charge in [-0.2, -0.15) is 0 Å². The van der Waals surface area contributed by atoms with Crippen molar-refractivity contribution in [1.29, 1.82) is 0 Å². The molecule has 0 spiro atoms. The minimum Gasteiger partial charge on any atom is -0.493 e. The number of ether oxygens (including phenoxy) is 3. The molecule has 0 fully saturated rings. The molecule has 0 unspecified atom stereocenters. The summed E-state index contributed by atoms with van der Waals surface area (Å²) < 4.78 is 29.0. The van der Waals surface area contributed by atoms with Crippen molar-refractivity contribution in [3.05, 3.63) is 66.0 Å². The Bertz CT molecular complexity index is 866. The molecule has 1 N–H and O–H groups in total. The van der Waals surface area contributed by atoms with Crippen LogP contribution in [-0.2, 0) is 20.7 Å². The standard InChI is InChI=1S/C21H22FNO5/c1-4-5-15-7-9-18(19(10-15)26-3)27-13-21(25)28-12-20(24)23-16-8-6-14(2)17(22)11-16/h4,6-11H,1,5,12-13H2,2-3H3,(H,23,24). The fraction of sp³-hybridized carbons (Fsp3) is 0.238. The second kappa shape index (κ2) is 10.1. The molecule has 1 amide bonds. The van der Waals surface area contributed by atoms with Crippen molar-refractivity contribution in [3.8, 4) is 11.5 Å². The van der Waals surface area contributed by atoms with Gasteiger partial charge in [0.15, 0.2) is 24.7 Å². The molecule has 0 aliphatic carbocycles. The van der Waals surface area contributed by atoms with Gasteiger partial charge in [0.1, 0.15) is 5.82 Å². The third-order valence-electron chi connectivity index (χ3n) is 3.77. The van der Waals surface area contributed by atoms with Gasteiger partial charge in [-0.3, -0.25) is 4.79 Å². The van der Waals surface area contributed by atoms with Gasteiger partial charge in [0.25, 0.3) is 5.91 Å². The number of hydrogen-bond acceptors (Lipinski definition) is 5. The van der Waals surface area contributed by atoms with Crippen molar-refractivity contribution >= 4 is 17.6 Å². The largest absolute Gasteiger partial charge is 0.493 e. The van der Waals surface area contributed by atoms with Crippen LogP contribution in [0.15, 0.2) is 49.1 Å². The highest BCUT2D eigenvalue weighted by Gasteiger charge is 2.12. The van der Waals surface area contributed by atoms with Crippen LogP contribution in [0, 0.1) is 12.7 Å². The van der Waals surface area contributed by atoms with Gasteiger partial charge in [0.2, 0.25) is 0 Å². The van der Waals surface area contributed by atoms with E-state index in [1.165, 1.54) is 13.2 Å². The van der Waals surface area contributed by atoms with Crippen molar-refractivity contribution in [2.45, 2.75) is 13.3 Å². The number of nitrogens with one attached hydrogen (secondary N) is 1. The van der Waals surface area contributed by atoms with Crippen molar-refractivity contribution in [1.82, 2.24) is 0 Å². The number of hydrogen-bond donors (Lipinski definition) is 1. The van der Waals surface area contributed by atoms with Crippen LogP contribution >= 0.6 is 0 Å². The van der Waals surface area contributed by atoms with Crippen LogP contribution in [0.1, 0.15) is 11.1 Å². The summed E-state index contributed by atoms with van der Waals surface area (Å²) >= 11 is 0. The number of amides is 1. The number of halogens is 1. The Morgan fingerprint density at radius 3 is 2.61 bits per heavy atom. The van der Waals surface area contributed by atoms with E-state index in [4.69, 9.17) is 14.2 Å². The molecule has 148 valence electrons. The quantitative estimate of drug-likeness (QED) is 0.527. The third kappa shape index (κ3) is 6.12. The van der Waals surface area contributed by atoms with E-state index in [0.717, 1.165) is 5.56 Å². The van der Waals surface area contributed by atoms with Crippen LogP contribution in [-0.4, -0.2) is 32.2 Å². The number of esters is 1. The number of aryl methyl sites for hydroxylation is 1. The van der Waals surface area contributed by atoms with Crippen molar-refractivity contribution in [3.63, 3.8) is 0 Å². The molecular formula is C21H22FNO5. The second-order valence-electron chi connectivity index (χ2n) is 5.94. The van der Waals surface area contributed by atoms with Gasteiger partial charge < -0.3 is 19.5 Å². The summed E-state index contributed by atoms with van der Waals surface area (Å²) in [6, 6.07) is 9.60. The molecule has 0 aromatic heterocycles. The van der Waals surface area contributed by atoms with Crippen LogP contribution < -0.4 is 14.8 Å². The van der Waals surface area contributed by atoms with Gasteiger partial charge in [-0.25, -0.2) is 9.18 Å². The van der Waals surface area contributed by atoms with Crippen LogP contribution in [0.2, 0.25) is 0 Å². The van der Waals surface area contributed by atoms with Gasteiger partial charge in [-0.1, -0.05) is 18.2 Å². The van der Waals surface area contributed by atoms with Gasteiger partial charge in [0, 0.05) is 5.69 Å². The summed E-state index contributed by atoms with van der Waals surface area (Å²) in [6.45, 7) is 4.40. The maximum absolute atomic E-state index is 13.5. The fourth-order valence-electron chi connectivity index (χ4n) is 2.32. The highest BCUT2D eigenvalue weighted by molar-refractivity contribution is 5.92. The van der Waals surface area contributed by atoms with Gasteiger partial charge >= 0.3 is 5.97 Å². The number of rotatable bonds is 9. The fourth-order valence-corrected chi connectivity index (χ4v) is 2.32. The van der Waals surface area contributed by atoms with Gasteiger partial charge in [0.05, 0.1) is 7.11 Å². The second-order valence-corrected chi connectivity index (χ2v) is 5.94. The molecule has 2 rings (SSSR count). The molecule has 2 aromatic rings. The molecule has 0 saturated carbocycles. The summed E-state index contributed by atoms with van der Waals surface area (Å²) in [5.74, 6) is -0.875. The first kappa shape index (κ1) is 21.0. The minimum atomic E-state index is -0.720. The van der Waals surface area contributed by atoms with E-state index in [2.05, 4.69) is 11.9 Å².